The summed E-state index contributed by atoms with van der Waals surface area (Å²) in [4.78, 5) is 45.6. The van der Waals surface area contributed by atoms with Crippen LogP contribution in [0.3, 0.4) is 0 Å². The van der Waals surface area contributed by atoms with Crippen LogP contribution in [0.4, 0.5) is 5.13 Å². The lowest BCUT2D eigenvalue weighted by Gasteiger charge is -2.23. The fourth-order valence-corrected chi connectivity index (χ4v) is 5.69. The number of anilines is 1. The van der Waals surface area contributed by atoms with Crippen LogP contribution in [0.2, 0.25) is 0 Å². The minimum absolute atomic E-state index is 0.0770. The molecule has 1 aromatic heterocycles. The second-order valence-electron chi connectivity index (χ2n) is 10.2. The molecule has 1 N–H and O–H groups in total. The first kappa shape index (κ1) is 31.7. The summed E-state index contributed by atoms with van der Waals surface area (Å²) in [5, 5.41) is 11.6. The van der Waals surface area contributed by atoms with Crippen LogP contribution in [-0.4, -0.2) is 47.6 Å². The number of benzene rings is 2. The Hall–Kier alpha value is -4.18. The number of unbranched alkanes of at least 4 members (excludes halogenated alkanes) is 3. The van der Waals surface area contributed by atoms with E-state index in [1.807, 2.05) is 0 Å². The summed E-state index contributed by atoms with van der Waals surface area (Å²) in [6, 6.07) is 12.8. The van der Waals surface area contributed by atoms with Crippen LogP contribution in [0, 0.1) is 6.92 Å². The summed E-state index contributed by atoms with van der Waals surface area (Å²) in [7, 11) is 0. The lowest BCUT2D eigenvalue weighted by Crippen LogP contribution is -2.29. The first-order valence-corrected chi connectivity index (χ1v) is 15.5. The molecule has 4 rings (SSSR count). The number of aliphatic hydroxyl groups is 1. The maximum absolute atomic E-state index is 13.6. The molecule has 1 aliphatic rings. The molecule has 228 valence electrons. The fourth-order valence-electron chi connectivity index (χ4n) is 4.70. The van der Waals surface area contributed by atoms with Crippen molar-refractivity contribution in [3.05, 3.63) is 75.8 Å². The number of esters is 1. The van der Waals surface area contributed by atoms with Gasteiger partial charge in [0.2, 0.25) is 0 Å². The number of hydrogen-bond donors (Lipinski definition) is 1. The highest BCUT2D eigenvalue weighted by molar-refractivity contribution is 7.17. The fraction of sp³-hybridized carbons (Fsp3) is 0.394. The molecule has 2 aromatic carbocycles. The number of nitrogens with zero attached hydrogens (tertiary/aromatic N) is 2. The van der Waals surface area contributed by atoms with E-state index in [1.54, 1.807) is 62.4 Å². The van der Waals surface area contributed by atoms with E-state index in [-0.39, 0.29) is 27.9 Å². The van der Waals surface area contributed by atoms with Crippen molar-refractivity contribution in [2.75, 3.05) is 24.7 Å². The van der Waals surface area contributed by atoms with Gasteiger partial charge in [-0.15, -0.1) is 0 Å². The average Bonchev–Trinajstić information content (AvgIpc) is 3.52. The van der Waals surface area contributed by atoms with Gasteiger partial charge in [0, 0.05) is 5.56 Å². The van der Waals surface area contributed by atoms with Gasteiger partial charge in [-0.3, -0.25) is 14.5 Å². The zero-order valence-corrected chi connectivity index (χ0v) is 25.9. The number of aliphatic hydroxyl groups excluding tert-OH is 1. The van der Waals surface area contributed by atoms with E-state index >= 15 is 0 Å². The third-order valence-electron chi connectivity index (χ3n) is 7.00. The Balaban J connectivity index is 1.75. The molecule has 0 bridgehead atoms. The van der Waals surface area contributed by atoms with Crippen LogP contribution in [0.25, 0.3) is 5.76 Å². The standard InChI is InChI=1S/C33H38N2O7S/c1-5-8-10-20-42-24-15-11-22(12-16-24)27-26(28(36)23-13-17-25(18-14-23)41-19-9-6-2)29(37)31(38)35(27)33-34-21(4)30(43-33)32(39)40-7-3/h11-18,27,36H,5-10,19-20H2,1-4H3/b28-26-. The molecular weight excluding hydrogens is 568 g/mol. The number of rotatable bonds is 14. The Labute approximate surface area is 256 Å². The molecule has 1 amide bonds. The molecule has 0 aliphatic carbocycles. The normalized spacial score (nSPS) is 16.0. The summed E-state index contributed by atoms with van der Waals surface area (Å²) < 4.78 is 16.7. The van der Waals surface area contributed by atoms with Gasteiger partial charge in [0.1, 0.15) is 22.1 Å². The smallest absolute Gasteiger partial charge is 0.350 e. The van der Waals surface area contributed by atoms with Gasteiger partial charge in [0.05, 0.1) is 37.1 Å². The van der Waals surface area contributed by atoms with E-state index in [2.05, 4.69) is 18.8 Å². The molecule has 43 heavy (non-hydrogen) atoms. The molecule has 9 nitrogen and oxygen atoms in total. The van der Waals surface area contributed by atoms with E-state index < -0.39 is 23.7 Å². The Morgan fingerprint density at radius 2 is 1.51 bits per heavy atom. The molecule has 3 aromatic rings. The molecule has 1 unspecified atom stereocenters. The quantitative estimate of drug-likeness (QED) is 0.0686. The zero-order valence-electron chi connectivity index (χ0n) is 25.1. The van der Waals surface area contributed by atoms with Gasteiger partial charge in [0.15, 0.2) is 5.13 Å². The average molecular weight is 607 g/mol. The monoisotopic (exact) mass is 606 g/mol. The second kappa shape index (κ2) is 14.8. The van der Waals surface area contributed by atoms with Crippen LogP contribution in [-0.2, 0) is 14.3 Å². The van der Waals surface area contributed by atoms with Gasteiger partial charge in [-0.25, -0.2) is 9.78 Å². The Morgan fingerprint density at radius 3 is 2.12 bits per heavy atom. The molecule has 1 aliphatic heterocycles. The highest BCUT2D eigenvalue weighted by Crippen LogP contribution is 2.44. The third-order valence-corrected chi connectivity index (χ3v) is 8.14. The lowest BCUT2D eigenvalue weighted by molar-refractivity contribution is -0.132. The van der Waals surface area contributed by atoms with Gasteiger partial charge in [0.25, 0.3) is 5.78 Å². The van der Waals surface area contributed by atoms with E-state index in [1.165, 1.54) is 4.90 Å². The molecule has 1 fully saturated rings. The number of ether oxygens (including phenoxy) is 3. The van der Waals surface area contributed by atoms with Crippen LogP contribution < -0.4 is 14.4 Å². The summed E-state index contributed by atoms with van der Waals surface area (Å²) in [5.41, 5.74) is 1.25. The van der Waals surface area contributed by atoms with E-state index in [9.17, 15) is 19.5 Å². The van der Waals surface area contributed by atoms with Gasteiger partial charge in [-0.1, -0.05) is 56.6 Å². The molecule has 0 saturated carbocycles. The molecule has 1 saturated heterocycles. The van der Waals surface area contributed by atoms with Crippen LogP contribution in [0.5, 0.6) is 11.5 Å². The summed E-state index contributed by atoms with van der Waals surface area (Å²) in [6.45, 7) is 8.90. The minimum Gasteiger partial charge on any atom is -0.507 e. The predicted molar refractivity (Wildman–Crippen MR) is 166 cm³/mol. The molecule has 10 heteroatoms. The molecule has 1 atom stereocenters. The maximum atomic E-state index is 13.6. The van der Waals surface area contributed by atoms with Gasteiger partial charge < -0.3 is 19.3 Å². The summed E-state index contributed by atoms with van der Waals surface area (Å²) in [5.74, 6) is -1.27. The van der Waals surface area contributed by atoms with Gasteiger partial charge in [-0.05, 0) is 68.7 Å². The van der Waals surface area contributed by atoms with Crippen molar-refractivity contribution >= 4 is 39.9 Å². The van der Waals surface area contributed by atoms with Crippen LogP contribution in [0.15, 0.2) is 54.1 Å². The highest BCUT2D eigenvalue weighted by Gasteiger charge is 2.48. The topological polar surface area (TPSA) is 115 Å². The van der Waals surface area contributed by atoms with Crippen molar-refractivity contribution < 1.29 is 33.7 Å². The molecule has 0 radical (unpaired) electrons. The number of carbonyl (C=O) groups is 3. The molecule has 2 heterocycles. The van der Waals surface area contributed by atoms with Crippen LogP contribution in [0.1, 0.15) is 85.4 Å². The van der Waals surface area contributed by atoms with Crippen molar-refractivity contribution in [1.29, 1.82) is 0 Å². The first-order chi connectivity index (χ1) is 20.8. The Bertz CT molecular complexity index is 1460. The van der Waals surface area contributed by atoms with Gasteiger partial charge >= 0.3 is 11.9 Å². The predicted octanol–water partition coefficient (Wildman–Crippen LogP) is 7.00. The van der Waals surface area contributed by atoms with E-state index in [0.717, 1.165) is 43.4 Å². The minimum atomic E-state index is -0.991. The Morgan fingerprint density at radius 1 is 0.907 bits per heavy atom. The number of carbonyl (C=O) groups excluding carboxylic acids is 3. The van der Waals surface area contributed by atoms with Gasteiger partial charge in [-0.2, -0.15) is 0 Å². The number of amides is 1. The largest absolute Gasteiger partial charge is 0.507 e. The summed E-state index contributed by atoms with van der Waals surface area (Å²) in [6.07, 6.45) is 5.02. The SMILES string of the molecule is CCCCCOc1ccc(C2/C(=C(/O)c3ccc(OCCCC)cc3)C(=O)C(=O)N2c2nc(C)c(C(=O)OCC)s2)cc1. The number of Topliss-reactive ketones (excluding diaryl/α,β-unsaturated/α-hetero) is 1. The number of thiazole rings is 1. The van der Waals surface area contributed by atoms with Crippen LogP contribution >= 0.6 is 11.3 Å². The van der Waals surface area contributed by atoms with Crippen molar-refractivity contribution in [2.45, 2.75) is 65.8 Å². The van der Waals surface area contributed by atoms with Crippen molar-refractivity contribution in [2.24, 2.45) is 0 Å². The number of hydrogen-bond acceptors (Lipinski definition) is 9. The van der Waals surface area contributed by atoms with E-state index in [0.29, 0.717) is 41.5 Å². The number of ketones is 1. The summed E-state index contributed by atoms with van der Waals surface area (Å²) >= 11 is 0.971. The van der Waals surface area contributed by atoms with E-state index in [4.69, 9.17) is 14.2 Å². The lowest BCUT2D eigenvalue weighted by atomic mass is 9.95. The second-order valence-corrected chi connectivity index (χ2v) is 11.1. The van der Waals surface area contributed by atoms with Crippen molar-refractivity contribution in [3.8, 4) is 11.5 Å². The van der Waals surface area contributed by atoms with Crippen molar-refractivity contribution in [3.63, 3.8) is 0 Å². The molecular formula is C33H38N2O7S. The number of aryl methyl sites for hydroxylation is 1. The Kier molecular flexibility index (Phi) is 10.9. The number of aromatic nitrogens is 1. The highest BCUT2D eigenvalue weighted by atomic mass is 32.1. The van der Waals surface area contributed by atoms with Crippen molar-refractivity contribution in [1.82, 2.24) is 4.98 Å². The maximum Gasteiger partial charge on any atom is 0.350 e. The molecule has 0 spiro atoms. The first-order valence-electron chi connectivity index (χ1n) is 14.7. The zero-order chi connectivity index (χ0) is 30.9. The third kappa shape index (κ3) is 7.25.